The molecular weight excluding hydrogens is 382 g/mol. The van der Waals surface area contributed by atoms with Gasteiger partial charge in [-0.25, -0.2) is 13.2 Å². The number of esters is 1. The molecule has 0 saturated heterocycles. The van der Waals surface area contributed by atoms with Crippen molar-refractivity contribution in [1.82, 2.24) is 0 Å². The minimum absolute atomic E-state index is 0.139. The molecule has 0 aliphatic carbocycles. The van der Waals surface area contributed by atoms with Crippen LogP contribution in [0.3, 0.4) is 0 Å². The normalized spacial score (nSPS) is 19.2. The molecule has 28 heavy (non-hydrogen) atoms. The molecule has 1 aliphatic heterocycles. The number of rotatable bonds is 4. The van der Waals surface area contributed by atoms with Crippen LogP contribution >= 0.6 is 0 Å². The number of ether oxygens (including phenoxy) is 1. The molecule has 0 bridgehead atoms. The number of nitrogens with zero attached hydrogens (tertiary/aromatic N) is 1. The minimum atomic E-state index is -4.05. The van der Waals surface area contributed by atoms with E-state index in [9.17, 15) is 23.4 Å². The number of phenols is 1. The van der Waals surface area contributed by atoms with E-state index >= 15 is 0 Å². The Hall–Kier alpha value is -2.58. The quantitative estimate of drug-likeness (QED) is 0.758. The Labute approximate surface area is 164 Å². The number of methoxy groups -OCH3 is 1. The third-order valence-corrected chi connectivity index (χ3v) is 6.92. The highest BCUT2D eigenvalue weighted by Crippen LogP contribution is 2.41. The Balaban J connectivity index is 2.15. The topological polar surface area (TPSA) is 104 Å². The second kappa shape index (κ2) is 7.44. The molecule has 2 aromatic rings. The van der Waals surface area contributed by atoms with Gasteiger partial charge in [0.25, 0.3) is 10.0 Å². The number of aliphatic hydroxyl groups is 1. The van der Waals surface area contributed by atoms with E-state index in [1.807, 2.05) is 19.1 Å². The molecule has 2 N–H and O–H groups in total. The van der Waals surface area contributed by atoms with E-state index < -0.39 is 28.1 Å². The lowest BCUT2D eigenvalue weighted by Gasteiger charge is -2.38. The molecule has 0 aromatic heterocycles. The van der Waals surface area contributed by atoms with Crippen LogP contribution in [-0.2, 0) is 21.2 Å². The summed E-state index contributed by atoms with van der Waals surface area (Å²) in [6, 6.07) is 8.38. The molecule has 8 heteroatoms. The summed E-state index contributed by atoms with van der Waals surface area (Å²) in [4.78, 5) is 11.7. The Kier molecular flexibility index (Phi) is 5.36. The van der Waals surface area contributed by atoms with E-state index in [4.69, 9.17) is 0 Å². The second-order valence-corrected chi connectivity index (χ2v) is 8.63. The van der Waals surface area contributed by atoms with Gasteiger partial charge in [0.2, 0.25) is 0 Å². The van der Waals surface area contributed by atoms with Crippen molar-refractivity contribution in [1.29, 1.82) is 0 Å². The highest BCUT2D eigenvalue weighted by atomic mass is 32.2. The molecule has 1 heterocycles. The van der Waals surface area contributed by atoms with Crippen molar-refractivity contribution in [3.63, 3.8) is 0 Å². The summed E-state index contributed by atoms with van der Waals surface area (Å²) in [5, 5.41) is 20.3. The molecule has 3 rings (SSSR count). The molecule has 2 atom stereocenters. The number of aromatic hydroxyl groups is 1. The molecular formula is C20H23NO6S. The van der Waals surface area contributed by atoms with Gasteiger partial charge in [-0.15, -0.1) is 0 Å². The van der Waals surface area contributed by atoms with Crippen molar-refractivity contribution in [2.45, 2.75) is 43.7 Å². The zero-order valence-corrected chi connectivity index (χ0v) is 16.7. The van der Waals surface area contributed by atoms with E-state index in [2.05, 4.69) is 4.74 Å². The van der Waals surface area contributed by atoms with Crippen molar-refractivity contribution in [2.75, 3.05) is 11.4 Å². The Morgan fingerprint density at radius 2 is 1.96 bits per heavy atom. The first-order valence-electron chi connectivity index (χ1n) is 8.97. The first kappa shape index (κ1) is 20.2. The molecule has 0 saturated carbocycles. The third-order valence-electron chi connectivity index (χ3n) is 4.99. The van der Waals surface area contributed by atoms with Gasteiger partial charge in [0.05, 0.1) is 23.8 Å². The van der Waals surface area contributed by atoms with Crippen LogP contribution in [0.4, 0.5) is 5.69 Å². The number of carbonyl (C=O) groups excluding carboxylic acids is 1. The van der Waals surface area contributed by atoms with Gasteiger partial charge in [-0.2, -0.15) is 0 Å². The summed E-state index contributed by atoms with van der Waals surface area (Å²) in [6.45, 7) is 3.71. The van der Waals surface area contributed by atoms with E-state index in [1.54, 1.807) is 13.0 Å². The van der Waals surface area contributed by atoms with Crippen molar-refractivity contribution in [3.05, 3.63) is 53.1 Å². The maximum Gasteiger partial charge on any atom is 0.341 e. The van der Waals surface area contributed by atoms with Crippen molar-refractivity contribution in [3.8, 4) is 5.75 Å². The summed E-state index contributed by atoms with van der Waals surface area (Å²) in [5.41, 5.74) is 1.75. The van der Waals surface area contributed by atoms with Crippen LogP contribution in [-0.4, -0.2) is 37.8 Å². The maximum absolute atomic E-state index is 13.4. The summed E-state index contributed by atoms with van der Waals surface area (Å²) >= 11 is 0. The molecule has 0 fully saturated rings. The lowest BCUT2D eigenvalue weighted by atomic mass is 9.94. The lowest BCUT2D eigenvalue weighted by Crippen LogP contribution is -2.43. The van der Waals surface area contributed by atoms with E-state index in [0.717, 1.165) is 31.2 Å². The highest BCUT2D eigenvalue weighted by molar-refractivity contribution is 7.92. The highest BCUT2D eigenvalue weighted by Gasteiger charge is 2.37. The Morgan fingerprint density at radius 3 is 2.61 bits per heavy atom. The summed E-state index contributed by atoms with van der Waals surface area (Å²) in [6.07, 6.45) is 0.262. The van der Waals surface area contributed by atoms with Crippen LogP contribution in [0.5, 0.6) is 5.75 Å². The molecule has 150 valence electrons. The summed E-state index contributed by atoms with van der Waals surface area (Å²) < 4.78 is 32.7. The molecule has 2 unspecified atom stereocenters. The monoisotopic (exact) mass is 405 g/mol. The maximum atomic E-state index is 13.4. The second-order valence-electron chi connectivity index (χ2n) is 6.82. The Morgan fingerprint density at radius 1 is 1.25 bits per heavy atom. The van der Waals surface area contributed by atoms with Crippen LogP contribution in [0.2, 0.25) is 0 Å². The number of hydrogen-bond donors (Lipinski definition) is 2. The first-order chi connectivity index (χ1) is 13.2. The van der Waals surface area contributed by atoms with Crippen LogP contribution in [0.25, 0.3) is 0 Å². The predicted octanol–water partition coefficient (Wildman–Crippen LogP) is 2.76. The average Bonchev–Trinajstić information content (AvgIpc) is 2.67. The van der Waals surface area contributed by atoms with Gasteiger partial charge in [0, 0.05) is 11.6 Å². The standard InChI is InChI=1S/C20H23NO6S/c1-4-13-5-7-17-15(10-13)19(23)9-12(2)21(17)28(25,26)14-6-8-18(22)16(11-14)20(24)27-3/h5-8,10-12,19,22-23H,4,9H2,1-3H3. The van der Waals surface area contributed by atoms with Gasteiger partial charge < -0.3 is 14.9 Å². The van der Waals surface area contributed by atoms with Crippen LogP contribution in [0, 0.1) is 0 Å². The van der Waals surface area contributed by atoms with E-state index in [0.29, 0.717) is 11.3 Å². The zero-order valence-electron chi connectivity index (χ0n) is 15.9. The van der Waals surface area contributed by atoms with Crippen molar-refractivity contribution < 1.29 is 28.2 Å². The van der Waals surface area contributed by atoms with Gasteiger partial charge in [-0.1, -0.05) is 19.1 Å². The number of sulfonamides is 1. The fourth-order valence-electron chi connectivity index (χ4n) is 3.50. The smallest absolute Gasteiger partial charge is 0.341 e. The number of fused-ring (bicyclic) bond motifs is 1. The Bertz CT molecular complexity index is 1020. The number of phenolic OH excluding ortho intramolecular Hbond substituents is 1. The van der Waals surface area contributed by atoms with Gasteiger partial charge in [0.1, 0.15) is 11.3 Å². The zero-order chi connectivity index (χ0) is 20.6. The fourth-order valence-corrected chi connectivity index (χ4v) is 5.22. The average molecular weight is 405 g/mol. The molecule has 7 nitrogen and oxygen atoms in total. The molecule has 0 amide bonds. The van der Waals surface area contributed by atoms with Gasteiger partial charge in [-0.05, 0) is 49.6 Å². The van der Waals surface area contributed by atoms with Crippen molar-refractivity contribution in [2.24, 2.45) is 0 Å². The van der Waals surface area contributed by atoms with E-state index in [1.165, 1.54) is 10.4 Å². The first-order valence-corrected chi connectivity index (χ1v) is 10.4. The third kappa shape index (κ3) is 3.33. The number of aliphatic hydroxyl groups excluding tert-OH is 1. The lowest BCUT2D eigenvalue weighted by molar-refractivity contribution is 0.0597. The van der Waals surface area contributed by atoms with Crippen LogP contribution in [0.1, 0.15) is 47.9 Å². The number of carbonyl (C=O) groups is 1. The fraction of sp³-hybridized carbons (Fsp3) is 0.350. The minimum Gasteiger partial charge on any atom is -0.507 e. The number of anilines is 1. The van der Waals surface area contributed by atoms with Crippen LogP contribution < -0.4 is 4.31 Å². The van der Waals surface area contributed by atoms with Gasteiger partial charge >= 0.3 is 5.97 Å². The van der Waals surface area contributed by atoms with Crippen molar-refractivity contribution >= 4 is 21.7 Å². The SMILES string of the molecule is CCc1ccc2c(c1)C(O)CC(C)N2S(=O)(=O)c1ccc(O)c(C(=O)OC)c1. The summed E-state index contributed by atoms with van der Waals surface area (Å²) in [7, 11) is -2.89. The van der Waals surface area contributed by atoms with E-state index in [-0.39, 0.29) is 22.6 Å². The predicted molar refractivity (Wildman–Crippen MR) is 104 cm³/mol. The number of benzene rings is 2. The van der Waals surface area contributed by atoms with Gasteiger partial charge in [0.15, 0.2) is 0 Å². The van der Waals surface area contributed by atoms with Crippen LogP contribution in [0.15, 0.2) is 41.3 Å². The largest absolute Gasteiger partial charge is 0.507 e. The molecule has 0 spiro atoms. The summed E-state index contributed by atoms with van der Waals surface area (Å²) in [5.74, 6) is -1.19. The molecule has 1 aliphatic rings. The number of hydrogen-bond acceptors (Lipinski definition) is 6. The van der Waals surface area contributed by atoms with Gasteiger partial charge in [-0.3, -0.25) is 4.31 Å². The molecule has 2 aromatic carbocycles. The number of aryl methyl sites for hydroxylation is 1. The molecule has 0 radical (unpaired) electrons.